The minimum absolute atomic E-state index is 0.136. The summed E-state index contributed by atoms with van der Waals surface area (Å²) in [5.41, 5.74) is 16.8. The predicted molar refractivity (Wildman–Crippen MR) is 240 cm³/mol. The highest BCUT2D eigenvalue weighted by Gasteiger charge is 2.46. The molecule has 0 amide bonds. The number of fused-ring (bicyclic) bond motifs is 9. The van der Waals surface area contributed by atoms with E-state index in [4.69, 9.17) is 0 Å². The summed E-state index contributed by atoms with van der Waals surface area (Å²) in [5.74, 6) is 1.48. The van der Waals surface area contributed by atoms with Crippen molar-refractivity contribution in [3.8, 4) is 33.4 Å². The van der Waals surface area contributed by atoms with E-state index in [1.54, 1.807) is 5.56 Å². The predicted octanol–water partition coefficient (Wildman–Crippen LogP) is 14.9. The van der Waals surface area contributed by atoms with Gasteiger partial charge < -0.3 is 5.32 Å². The zero-order chi connectivity index (χ0) is 37.9. The van der Waals surface area contributed by atoms with Crippen molar-refractivity contribution in [2.75, 3.05) is 0 Å². The van der Waals surface area contributed by atoms with Crippen molar-refractivity contribution in [3.05, 3.63) is 210 Å². The molecule has 1 nitrogen and oxygen atoms in total. The van der Waals surface area contributed by atoms with Crippen molar-refractivity contribution in [3.63, 3.8) is 0 Å². The van der Waals surface area contributed by atoms with E-state index in [0.29, 0.717) is 17.8 Å². The molecule has 57 heavy (non-hydrogen) atoms. The largest absolute Gasteiger partial charge is 0.302 e. The first kappa shape index (κ1) is 34.2. The summed E-state index contributed by atoms with van der Waals surface area (Å²) < 4.78 is 0. The lowest BCUT2D eigenvalue weighted by Crippen LogP contribution is -2.34. The van der Waals surface area contributed by atoms with Crippen LogP contribution >= 0.6 is 0 Å². The Bertz CT molecular complexity index is 2810. The van der Waals surface area contributed by atoms with E-state index < -0.39 is 0 Å². The maximum Gasteiger partial charge on any atom is 0.0394 e. The summed E-state index contributed by atoms with van der Waals surface area (Å²) in [6, 6.07) is 66.5. The number of benzene rings is 8. The summed E-state index contributed by atoms with van der Waals surface area (Å²) in [7, 11) is 0. The Morgan fingerprint density at radius 1 is 0.509 bits per heavy atom. The molecule has 8 aromatic carbocycles. The quantitative estimate of drug-likeness (QED) is 0.179. The van der Waals surface area contributed by atoms with Gasteiger partial charge in [-0.25, -0.2) is 0 Å². The van der Waals surface area contributed by atoms with E-state index in [1.807, 2.05) is 0 Å². The van der Waals surface area contributed by atoms with Crippen molar-refractivity contribution in [1.29, 1.82) is 0 Å². The average molecular weight is 734 g/mol. The second-order valence-corrected chi connectivity index (χ2v) is 16.6. The van der Waals surface area contributed by atoms with Gasteiger partial charge in [0.1, 0.15) is 0 Å². The molecule has 5 atom stereocenters. The van der Waals surface area contributed by atoms with Crippen molar-refractivity contribution >= 4 is 27.1 Å². The number of rotatable bonds is 6. The molecule has 0 radical (unpaired) electrons. The SMILES string of the molecule is CCC1/C(c2cccc(-c3ccccc3)c2)=C\CCC(c2cc3c(c4ccccc24)-c2ccc(-c4ccccc4)cc2C2CC32)NC1c1ccc2ccccc2c1. The minimum Gasteiger partial charge on any atom is -0.302 e. The van der Waals surface area contributed by atoms with Crippen LogP contribution in [0.2, 0.25) is 0 Å². The zero-order valence-corrected chi connectivity index (χ0v) is 32.5. The van der Waals surface area contributed by atoms with E-state index in [2.05, 4.69) is 194 Å². The summed E-state index contributed by atoms with van der Waals surface area (Å²) in [6.45, 7) is 2.38. The summed E-state index contributed by atoms with van der Waals surface area (Å²) in [6.07, 6.45) is 6.93. The molecule has 1 aliphatic heterocycles. The highest BCUT2D eigenvalue weighted by atomic mass is 15.0. The van der Waals surface area contributed by atoms with Gasteiger partial charge in [0.15, 0.2) is 0 Å². The summed E-state index contributed by atoms with van der Waals surface area (Å²) >= 11 is 0. The van der Waals surface area contributed by atoms with Gasteiger partial charge >= 0.3 is 0 Å². The third-order valence-corrected chi connectivity index (χ3v) is 13.4. The molecule has 5 unspecified atom stereocenters. The van der Waals surface area contributed by atoms with Crippen molar-refractivity contribution < 1.29 is 0 Å². The van der Waals surface area contributed by atoms with Crippen molar-refractivity contribution in [2.45, 2.75) is 56.5 Å². The van der Waals surface area contributed by atoms with Crippen LogP contribution < -0.4 is 5.32 Å². The number of nitrogens with one attached hydrogen (secondary N) is 1. The van der Waals surface area contributed by atoms with Gasteiger partial charge in [-0.1, -0.05) is 177 Å². The Morgan fingerprint density at radius 3 is 1.96 bits per heavy atom. The Labute approximate surface area is 336 Å². The molecule has 0 saturated heterocycles. The van der Waals surface area contributed by atoms with E-state index in [1.165, 1.54) is 89.2 Å². The molecule has 0 bridgehead atoms. The molecule has 1 fully saturated rings. The first-order valence-corrected chi connectivity index (χ1v) is 21.1. The smallest absolute Gasteiger partial charge is 0.0394 e. The van der Waals surface area contributed by atoms with E-state index in [-0.39, 0.29) is 12.1 Å². The van der Waals surface area contributed by atoms with E-state index >= 15 is 0 Å². The van der Waals surface area contributed by atoms with Crippen LogP contribution in [0.3, 0.4) is 0 Å². The first-order chi connectivity index (χ1) is 28.2. The molecule has 1 heterocycles. The molecule has 276 valence electrons. The lowest BCUT2D eigenvalue weighted by atomic mass is 9.76. The van der Waals surface area contributed by atoms with Crippen molar-refractivity contribution in [1.82, 2.24) is 5.32 Å². The molecule has 0 aromatic heterocycles. The Kier molecular flexibility index (Phi) is 8.52. The first-order valence-electron chi connectivity index (χ1n) is 21.1. The average Bonchev–Trinajstić information content (AvgIpc) is 4.09. The fourth-order valence-electron chi connectivity index (χ4n) is 10.5. The van der Waals surface area contributed by atoms with Crippen molar-refractivity contribution in [2.24, 2.45) is 5.92 Å². The van der Waals surface area contributed by atoms with Gasteiger partial charge in [-0.3, -0.25) is 0 Å². The van der Waals surface area contributed by atoms with E-state index in [9.17, 15) is 0 Å². The van der Waals surface area contributed by atoms with Crippen LogP contribution in [0.25, 0.3) is 60.5 Å². The molecule has 2 aliphatic carbocycles. The molecular weight excluding hydrogens is 687 g/mol. The highest BCUT2D eigenvalue weighted by molar-refractivity contribution is 6.03. The number of hydrogen-bond donors (Lipinski definition) is 1. The highest BCUT2D eigenvalue weighted by Crippen LogP contribution is 2.64. The Hall–Kier alpha value is -6.02. The van der Waals surface area contributed by atoms with Crippen LogP contribution in [0, 0.1) is 5.92 Å². The molecule has 1 N–H and O–H groups in total. The number of hydrogen-bond acceptors (Lipinski definition) is 1. The van der Waals surface area contributed by atoms with Gasteiger partial charge in [0, 0.05) is 18.0 Å². The van der Waals surface area contributed by atoms with Crippen LogP contribution in [0.1, 0.15) is 84.3 Å². The Balaban J connectivity index is 1.04. The molecule has 1 heteroatoms. The van der Waals surface area contributed by atoms with Gasteiger partial charge in [-0.15, -0.1) is 0 Å². The van der Waals surface area contributed by atoms with Gasteiger partial charge in [0.25, 0.3) is 0 Å². The van der Waals surface area contributed by atoms with Crippen LogP contribution in [-0.2, 0) is 0 Å². The Morgan fingerprint density at radius 2 is 1.18 bits per heavy atom. The minimum atomic E-state index is 0.136. The van der Waals surface area contributed by atoms with E-state index in [0.717, 1.165) is 19.3 Å². The maximum atomic E-state index is 4.43. The topological polar surface area (TPSA) is 12.0 Å². The van der Waals surface area contributed by atoms with Gasteiger partial charge in [0.2, 0.25) is 0 Å². The third kappa shape index (κ3) is 6.04. The fourth-order valence-corrected chi connectivity index (χ4v) is 10.5. The monoisotopic (exact) mass is 733 g/mol. The maximum absolute atomic E-state index is 4.43. The fraction of sp³-hybridized carbons (Fsp3) is 0.179. The van der Waals surface area contributed by atoms with Crippen LogP contribution in [0.15, 0.2) is 182 Å². The standard InChI is InChI=1S/C56H47N/c1-2-44-45(42-22-13-21-40(31-42)36-15-5-3-6-16-36)25-14-26-54(57-56(44)43-28-27-38-19-9-10-20-39(38)32-43)52-35-53-51-34-50(51)49-33-41(37-17-7-4-8-18-37)29-30-48(49)55(53)47-24-12-11-23-46(47)52/h3-13,15-25,27-33,35,44,50-51,54,56-57H,2,14,26,34H2,1H3/b45-25-. The van der Waals surface area contributed by atoms with Gasteiger partial charge in [-0.2, -0.15) is 0 Å². The van der Waals surface area contributed by atoms with Crippen LogP contribution in [0.4, 0.5) is 0 Å². The normalized spacial score (nSPS) is 22.1. The molecule has 8 aromatic rings. The van der Waals surface area contributed by atoms with Gasteiger partial charge in [-0.05, 0) is 138 Å². The number of allylic oxidation sites excluding steroid dienone is 1. The molecule has 0 spiro atoms. The van der Waals surface area contributed by atoms with Gasteiger partial charge in [0.05, 0.1) is 0 Å². The third-order valence-electron chi connectivity index (χ3n) is 13.4. The van der Waals surface area contributed by atoms with Crippen LogP contribution in [-0.4, -0.2) is 0 Å². The lowest BCUT2D eigenvalue weighted by Gasteiger charge is -2.37. The molecule has 1 saturated carbocycles. The second kappa shape index (κ2) is 14.2. The zero-order valence-electron chi connectivity index (χ0n) is 32.5. The van der Waals surface area contributed by atoms with Crippen LogP contribution in [0.5, 0.6) is 0 Å². The molecule has 11 rings (SSSR count). The molecule has 3 aliphatic rings. The summed E-state index contributed by atoms with van der Waals surface area (Å²) in [5, 5.41) is 9.81. The second-order valence-electron chi connectivity index (χ2n) is 16.6. The summed E-state index contributed by atoms with van der Waals surface area (Å²) in [4.78, 5) is 0. The molecular formula is C56H47N. The lowest BCUT2D eigenvalue weighted by molar-refractivity contribution is 0.353.